The summed E-state index contributed by atoms with van der Waals surface area (Å²) in [6.45, 7) is 1.85. The van der Waals surface area contributed by atoms with Crippen LogP contribution in [0.2, 0.25) is 0 Å². The van der Waals surface area contributed by atoms with Crippen molar-refractivity contribution in [3.05, 3.63) is 47.2 Å². The highest BCUT2D eigenvalue weighted by Gasteiger charge is 2.14. The maximum atomic E-state index is 12.3. The van der Waals surface area contributed by atoms with Gasteiger partial charge in [0.05, 0.1) is 14.2 Å². The molecule has 0 atom stereocenters. The third-order valence-corrected chi connectivity index (χ3v) is 2.76. The summed E-state index contributed by atoms with van der Waals surface area (Å²) in [7, 11) is 3.09. The molecule has 0 aliphatic carbocycles. The third-order valence-electron chi connectivity index (χ3n) is 2.76. The van der Waals surface area contributed by atoms with Crippen molar-refractivity contribution < 1.29 is 14.3 Å². The van der Waals surface area contributed by atoms with E-state index in [9.17, 15) is 4.79 Å². The van der Waals surface area contributed by atoms with Crippen LogP contribution in [0.3, 0.4) is 0 Å². The van der Waals surface area contributed by atoms with Gasteiger partial charge >= 0.3 is 0 Å². The van der Waals surface area contributed by atoms with Crippen LogP contribution in [-0.2, 0) is 0 Å². The summed E-state index contributed by atoms with van der Waals surface area (Å²) < 4.78 is 10.0. The summed E-state index contributed by atoms with van der Waals surface area (Å²) in [6.07, 6.45) is 0. The zero-order chi connectivity index (χ0) is 13.8. The first-order valence-electron chi connectivity index (χ1n) is 5.72. The molecule has 5 heteroatoms. The van der Waals surface area contributed by atoms with Crippen LogP contribution >= 0.6 is 0 Å². The van der Waals surface area contributed by atoms with E-state index in [2.05, 4.69) is 10.2 Å². The summed E-state index contributed by atoms with van der Waals surface area (Å²) in [4.78, 5) is 12.3. The predicted molar refractivity (Wildman–Crippen MR) is 69.7 cm³/mol. The van der Waals surface area contributed by atoms with Crippen LogP contribution in [-0.4, -0.2) is 30.2 Å². The van der Waals surface area contributed by atoms with Gasteiger partial charge in [0.15, 0.2) is 0 Å². The van der Waals surface area contributed by atoms with Crippen LogP contribution < -0.4 is 9.47 Å². The highest BCUT2D eigenvalue weighted by Crippen LogP contribution is 2.19. The van der Waals surface area contributed by atoms with Gasteiger partial charge in [-0.05, 0) is 36.8 Å². The van der Waals surface area contributed by atoms with Crippen molar-refractivity contribution in [1.82, 2.24) is 10.2 Å². The number of aryl methyl sites for hydroxylation is 1. The molecular weight excluding hydrogens is 244 g/mol. The molecule has 19 heavy (non-hydrogen) atoms. The Kier molecular flexibility index (Phi) is 3.75. The molecule has 2 aromatic rings. The van der Waals surface area contributed by atoms with Gasteiger partial charge in [-0.25, -0.2) is 0 Å². The molecule has 98 valence electrons. The minimum absolute atomic E-state index is 0.171. The fourth-order valence-electron chi connectivity index (χ4n) is 1.71. The lowest BCUT2D eigenvalue weighted by atomic mass is 10.0. The van der Waals surface area contributed by atoms with E-state index in [4.69, 9.17) is 9.47 Å². The Balaban J connectivity index is 2.32. The molecule has 1 aromatic carbocycles. The molecule has 0 aliphatic rings. The van der Waals surface area contributed by atoms with Crippen molar-refractivity contribution in [2.24, 2.45) is 0 Å². The maximum Gasteiger partial charge on any atom is 0.233 e. The Hall–Kier alpha value is -2.43. The van der Waals surface area contributed by atoms with E-state index in [0.29, 0.717) is 11.4 Å². The summed E-state index contributed by atoms with van der Waals surface area (Å²) in [5.41, 5.74) is 1.70. The van der Waals surface area contributed by atoms with Gasteiger partial charge in [0.2, 0.25) is 11.7 Å². The van der Waals surface area contributed by atoms with E-state index in [1.807, 2.05) is 13.0 Å². The fourth-order valence-corrected chi connectivity index (χ4v) is 1.71. The first-order valence-corrected chi connectivity index (χ1v) is 5.72. The van der Waals surface area contributed by atoms with Crippen molar-refractivity contribution in [3.8, 4) is 11.6 Å². The number of hydrogen-bond donors (Lipinski definition) is 0. The fraction of sp³-hybridized carbons (Fsp3) is 0.214. The van der Waals surface area contributed by atoms with Gasteiger partial charge in [0, 0.05) is 11.6 Å². The number of benzene rings is 1. The minimum Gasteiger partial charge on any atom is -0.497 e. The van der Waals surface area contributed by atoms with Gasteiger partial charge in [-0.15, -0.1) is 10.2 Å². The number of ether oxygens (including phenoxy) is 2. The lowest BCUT2D eigenvalue weighted by Gasteiger charge is -2.06. The van der Waals surface area contributed by atoms with Crippen molar-refractivity contribution in [3.63, 3.8) is 0 Å². The molecule has 0 N–H and O–H groups in total. The van der Waals surface area contributed by atoms with Crippen LogP contribution in [0.15, 0.2) is 30.3 Å². The Labute approximate surface area is 111 Å². The first-order chi connectivity index (χ1) is 9.15. The van der Waals surface area contributed by atoms with Gasteiger partial charge < -0.3 is 9.47 Å². The van der Waals surface area contributed by atoms with Gasteiger partial charge in [0.25, 0.3) is 0 Å². The third kappa shape index (κ3) is 2.70. The van der Waals surface area contributed by atoms with E-state index in [0.717, 1.165) is 11.3 Å². The van der Waals surface area contributed by atoms with Gasteiger partial charge in [-0.3, -0.25) is 4.79 Å². The van der Waals surface area contributed by atoms with Crippen molar-refractivity contribution in [2.75, 3.05) is 14.2 Å². The highest BCUT2D eigenvalue weighted by molar-refractivity contribution is 6.08. The molecule has 0 spiro atoms. The van der Waals surface area contributed by atoms with E-state index in [1.54, 1.807) is 31.4 Å². The summed E-state index contributed by atoms with van der Waals surface area (Å²) in [5, 5.41) is 7.64. The molecule has 0 saturated heterocycles. The number of carbonyl (C=O) groups is 1. The average Bonchev–Trinajstić information content (AvgIpc) is 2.46. The predicted octanol–water partition coefficient (Wildman–Crippen LogP) is 2.03. The summed E-state index contributed by atoms with van der Waals surface area (Å²) in [6, 6.07) is 8.49. The molecule has 0 radical (unpaired) electrons. The quantitative estimate of drug-likeness (QED) is 0.785. The van der Waals surface area contributed by atoms with Crippen LogP contribution in [0.4, 0.5) is 0 Å². The number of methoxy groups -OCH3 is 2. The second kappa shape index (κ2) is 5.48. The van der Waals surface area contributed by atoms with Gasteiger partial charge in [0.1, 0.15) is 11.4 Å². The molecule has 0 fully saturated rings. The first kappa shape index (κ1) is 13.0. The zero-order valence-electron chi connectivity index (χ0n) is 11.0. The number of carbonyl (C=O) groups excluding carboxylic acids is 1. The number of aromatic nitrogens is 2. The lowest BCUT2D eigenvalue weighted by Crippen LogP contribution is -2.07. The van der Waals surface area contributed by atoms with Crippen LogP contribution in [0.1, 0.15) is 21.6 Å². The number of nitrogens with zero attached hydrogens (tertiary/aromatic N) is 2. The molecule has 0 unspecified atom stereocenters. The Morgan fingerprint density at radius 2 is 1.84 bits per heavy atom. The van der Waals surface area contributed by atoms with Crippen molar-refractivity contribution in [2.45, 2.75) is 6.92 Å². The number of hydrogen-bond acceptors (Lipinski definition) is 5. The SMILES string of the molecule is COc1ccc(C(=O)c2ccc(OC)nn2)c(C)c1. The van der Waals surface area contributed by atoms with E-state index in [1.165, 1.54) is 7.11 Å². The molecule has 2 rings (SSSR count). The molecule has 1 heterocycles. The normalized spacial score (nSPS) is 10.1. The molecule has 1 aromatic heterocycles. The van der Waals surface area contributed by atoms with Gasteiger partial charge in [-0.2, -0.15) is 0 Å². The summed E-state index contributed by atoms with van der Waals surface area (Å²) >= 11 is 0. The van der Waals surface area contributed by atoms with Crippen LogP contribution in [0.5, 0.6) is 11.6 Å². The average molecular weight is 258 g/mol. The highest BCUT2D eigenvalue weighted by atomic mass is 16.5. The smallest absolute Gasteiger partial charge is 0.233 e. The van der Waals surface area contributed by atoms with Crippen molar-refractivity contribution in [1.29, 1.82) is 0 Å². The minimum atomic E-state index is -0.171. The van der Waals surface area contributed by atoms with E-state index < -0.39 is 0 Å². The maximum absolute atomic E-state index is 12.3. The Bertz CT molecular complexity index is 594. The largest absolute Gasteiger partial charge is 0.497 e. The Morgan fingerprint density at radius 1 is 1.05 bits per heavy atom. The molecule has 5 nitrogen and oxygen atoms in total. The second-order valence-electron chi connectivity index (χ2n) is 3.97. The lowest BCUT2D eigenvalue weighted by molar-refractivity contribution is 0.103. The molecular formula is C14H14N2O3. The zero-order valence-corrected chi connectivity index (χ0v) is 11.0. The van der Waals surface area contributed by atoms with Crippen molar-refractivity contribution >= 4 is 5.78 Å². The topological polar surface area (TPSA) is 61.3 Å². The number of rotatable bonds is 4. The van der Waals surface area contributed by atoms with Gasteiger partial charge in [-0.1, -0.05) is 0 Å². The monoisotopic (exact) mass is 258 g/mol. The molecule has 0 amide bonds. The number of ketones is 1. The van der Waals surface area contributed by atoms with E-state index in [-0.39, 0.29) is 11.5 Å². The standard InChI is InChI=1S/C14H14N2O3/c1-9-8-10(18-2)4-5-11(9)14(17)12-6-7-13(19-3)16-15-12/h4-8H,1-3H3. The Morgan fingerprint density at radius 3 is 2.37 bits per heavy atom. The molecule has 0 bridgehead atoms. The summed E-state index contributed by atoms with van der Waals surface area (Å²) in [5.74, 6) is 0.924. The molecule has 0 saturated carbocycles. The van der Waals surface area contributed by atoms with Crippen LogP contribution in [0, 0.1) is 6.92 Å². The van der Waals surface area contributed by atoms with Crippen LogP contribution in [0.25, 0.3) is 0 Å². The molecule has 0 aliphatic heterocycles. The second-order valence-corrected chi connectivity index (χ2v) is 3.97. The van der Waals surface area contributed by atoms with E-state index >= 15 is 0 Å².